The van der Waals surface area contributed by atoms with Crippen LogP contribution in [0.2, 0.25) is 0 Å². The zero-order valence-corrected chi connectivity index (χ0v) is 14.9. The molecule has 2 heterocycles. The number of carbonyl (C=O) groups is 3. The minimum Gasteiger partial charge on any atom is -0.454 e. The molecule has 1 aromatic carbocycles. The number of amides is 1. The predicted octanol–water partition coefficient (Wildman–Crippen LogP) is 3.01. The third-order valence-corrected chi connectivity index (χ3v) is 4.28. The Morgan fingerprint density at radius 1 is 1.16 bits per heavy atom. The number of ether oxygens (including phenoxy) is 1. The normalized spacial score (nSPS) is 13.8. The Morgan fingerprint density at radius 3 is 2.56 bits per heavy atom. The molecule has 0 bridgehead atoms. The van der Waals surface area contributed by atoms with E-state index in [9.17, 15) is 14.4 Å². The molecule has 3 rings (SSSR count). The average Bonchev–Trinajstić information content (AvgIpc) is 3.05. The van der Waals surface area contributed by atoms with Crippen LogP contribution in [0.3, 0.4) is 0 Å². The third kappa shape index (κ3) is 4.11. The van der Waals surface area contributed by atoms with Gasteiger partial charge in [0.2, 0.25) is 5.91 Å². The Labute approximate surface area is 152 Å². The van der Waals surface area contributed by atoms with Gasteiger partial charge in [0, 0.05) is 41.1 Å². The second kappa shape index (κ2) is 7.57. The van der Waals surface area contributed by atoms with E-state index in [0.717, 1.165) is 12.1 Å². The van der Waals surface area contributed by atoms with Crippen molar-refractivity contribution in [2.75, 3.05) is 18.1 Å². The maximum Gasteiger partial charge on any atom is 0.340 e. The van der Waals surface area contributed by atoms with Crippen molar-refractivity contribution >= 4 is 39.3 Å². The summed E-state index contributed by atoms with van der Waals surface area (Å²) in [5.41, 5.74) is 1.47. The number of benzene rings is 1. The lowest BCUT2D eigenvalue weighted by Gasteiger charge is -2.15. The van der Waals surface area contributed by atoms with Crippen LogP contribution in [0.5, 0.6) is 0 Å². The number of rotatable bonds is 5. The zero-order valence-electron chi connectivity index (χ0n) is 13.3. The number of carbonyl (C=O) groups excluding carboxylic acids is 3. The first-order valence-corrected chi connectivity index (χ1v) is 8.55. The number of hydrogen-bond acceptors (Lipinski definition) is 5. The highest BCUT2D eigenvalue weighted by atomic mass is 79.9. The number of halogens is 1. The molecule has 25 heavy (non-hydrogen) atoms. The Hall–Kier alpha value is -2.54. The van der Waals surface area contributed by atoms with Gasteiger partial charge in [-0.05, 0) is 52.7 Å². The van der Waals surface area contributed by atoms with Crippen LogP contribution in [0.4, 0.5) is 5.69 Å². The summed E-state index contributed by atoms with van der Waals surface area (Å²) in [5, 5.41) is 0. The summed E-state index contributed by atoms with van der Waals surface area (Å²) in [6.45, 7) is 0.345. The van der Waals surface area contributed by atoms with E-state index >= 15 is 0 Å². The Morgan fingerprint density at radius 2 is 1.92 bits per heavy atom. The summed E-state index contributed by atoms with van der Waals surface area (Å²) >= 11 is 3.22. The molecule has 1 aliphatic rings. The summed E-state index contributed by atoms with van der Waals surface area (Å²) in [7, 11) is 0. The van der Waals surface area contributed by atoms with Crippen molar-refractivity contribution in [3.63, 3.8) is 0 Å². The first-order chi connectivity index (χ1) is 12.0. The maximum atomic E-state index is 12.2. The Bertz CT molecular complexity index is 820. The molecular formula is C18H15BrN2O4. The molecule has 0 saturated carbocycles. The van der Waals surface area contributed by atoms with E-state index in [4.69, 9.17) is 4.74 Å². The molecule has 1 aromatic heterocycles. The van der Waals surface area contributed by atoms with Gasteiger partial charge in [-0.3, -0.25) is 14.6 Å². The third-order valence-electron chi connectivity index (χ3n) is 3.85. The molecule has 1 saturated heterocycles. The molecule has 1 amide bonds. The van der Waals surface area contributed by atoms with E-state index in [1.807, 2.05) is 0 Å². The van der Waals surface area contributed by atoms with Crippen LogP contribution in [-0.4, -0.2) is 35.8 Å². The number of Topliss-reactive ketones (excluding diaryl/α,β-unsaturated/α-hetero) is 1. The lowest BCUT2D eigenvalue weighted by molar-refractivity contribution is -0.117. The molecule has 0 spiro atoms. The van der Waals surface area contributed by atoms with Crippen LogP contribution < -0.4 is 4.90 Å². The van der Waals surface area contributed by atoms with Gasteiger partial charge in [0.05, 0.1) is 5.56 Å². The quantitative estimate of drug-likeness (QED) is 0.567. The van der Waals surface area contributed by atoms with Gasteiger partial charge in [-0.2, -0.15) is 0 Å². The van der Waals surface area contributed by atoms with Crippen molar-refractivity contribution in [2.24, 2.45) is 0 Å². The molecule has 0 N–H and O–H groups in total. The SMILES string of the molecule is O=C(COC(=O)c1cncc(Br)c1)c1ccc(N2CCCC2=O)cc1. The van der Waals surface area contributed by atoms with E-state index in [1.54, 1.807) is 41.4 Å². The van der Waals surface area contributed by atoms with E-state index in [0.29, 0.717) is 23.0 Å². The van der Waals surface area contributed by atoms with Crippen molar-refractivity contribution < 1.29 is 19.1 Å². The first-order valence-electron chi connectivity index (χ1n) is 7.76. The number of esters is 1. The Kier molecular flexibility index (Phi) is 5.23. The lowest BCUT2D eigenvalue weighted by atomic mass is 10.1. The van der Waals surface area contributed by atoms with Gasteiger partial charge in [-0.15, -0.1) is 0 Å². The molecule has 1 fully saturated rings. The fourth-order valence-electron chi connectivity index (χ4n) is 2.57. The molecule has 0 radical (unpaired) electrons. The van der Waals surface area contributed by atoms with Crippen LogP contribution in [0, 0.1) is 0 Å². The summed E-state index contributed by atoms with van der Waals surface area (Å²) < 4.78 is 5.69. The van der Waals surface area contributed by atoms with E-state index in [-0.39, 0.29) is 23.9 Å². The number of hydrogen-bond donors (Lipinski definition) is 0. The van der Waals surface area contributed by atoms with Crippen molar-refractivity contribution in [2.45, 2.75) is 12.8 Å². The lowest BCUT2D eigenvalue weighted by Crippen LogP contribution is -2.23. The predicted molar refractivity (Wildman–Crippen MR) is 94.6 cm³/mol. The number of pyridine rings is 1. The smallest absolute Gasteiger partial charge is 0.340 e. The highest BCUT2D eigenvalue weighted by Crippen LogP contribution is 2.21. The first kappa shape index (κ1) is 17.3. The number of ketones is 1. The topological polar surface area (TPSA) is 76.6 Å². The van der Waals surface area contributed by atoms with E-state index in [2.05, 4.69) is 20.9 Å². The van der Waals surface area contributed by atoms with Crippen LogP contribution in [-0.2, 0) is 9.53 Å². The van der Waals surface area contributed by atoms with Crippen LogP contribution >= 0.6 is 15.9 Å². The summed E-state index contributed by atoms with van der Waals surface area (Å²) in [5.74, 6) is -0.826. The average molecular weight is 403 g/mol. The van der Waals surface area contributed by atoms with Gasteiger partial charge in [0.1, 0.15) is 0 Å². The molecule has 1 aliphatic heterocycles. The van der Waals surface area contributed by atoms with Gasteiger partial charge >= 0.3 is 5.97 Å². The fraction of sp³-hybridized carbons (Fsp3) is 0.222. The number of aromatic nitrogens is 1. The second-order valence-corrected chi connectivity index (χ2v) is 6.50. The molecule has 2 aromatic rings. The van der Waals surface area contributed by atoms with Crippen molar-refractivity contribution in [1.29, 1.82) is 0 Å². The molecule has 0 aliphatic carbocycles. The minimum absolute atomic E-state index is 0.0932. The molecule has 0 unspecified atom stereocenters. The number of nitrogens with zero attached hydrogens (tertiary/aromatic N) is 2. The minimum atomic E-state index is -0.610. The standard InChI is InChI=1S/C18H15BrN2O4/c19-14-8-13(9-20-10-14)18(24)25-11-16(22)12-3-5-15(6-4-12)21-7-1-2-17(21)23/h3-6,8-10H,1-2,7,11H2. The van der Waals surface area contributed by atoms with Crippen molar-refractivity contribution in [3.05, 3.63) is 58.3 Å². The molecule has 0 atom stereocenters. The fourth-order valence-corrected chi connectivity index (χ4v) is 2.93. The Balaban J connectivity index is 1.59. The van der Waals surface area contributed by atoms with E-state index in [1.165, 1.54) is 6.20 Å². The van der Waals surface area contributed by atoms with E-state index < -0.39 is 5.97 Å². The van der Waals surface area contributed by atoms with Gasteiger partial charge in [-0.25, -0.2) is 4.79 Å². The van der Waals surface area contributed by atoms with Crippen LogP contribution in [0.15, 0.2) is 47.2 Å². The molecule has 6 nitrogen and oxygen atoms in total. The van der Waals surface area contributed by atoms with Gasteiger partial charge < -0.3 is 9.64 Å². The highest BCUT2D eigenvalue weighted by Gasteiger charge is 2.21. The summed E-state index contributed by atoms with van der Waals surface area (Å²) in [6, 6.07) is 8.31. The molecule has 128 valence electrons. The number of anilines is 1. The van der Waals surface area contributed by atoms with Crippen molar-refractivity contribution in [1.82, 2.24) is 4.98 Å². The van der Waals surface area contributed by atoms with Gasteiger partial charge in [0.15, 0.2) is 12.4 Å². The maximum absolute atomic E-state index is 12.2. The zero-order chi connectivity index (χ0) is 17.8. The van der Waals surface area contributed by atoms with Gasteiger partial charge in [-0.1, -0.05) is 0 Å². The highest BCUT2D eigenvalue weighted by molar-refractivity contribution is 9.10. The van der Waals surface area contributed by atoms with Crippen molar-refractivity contribution in [3.8, 4) is 0 Å². The summed E-state index contributed by atoms with van der Waals surface area (Å²) in [6.07, 6.45) is 4.33. The van der Waals surface area contributed by atoms with Crippen LogP contribution in [0.1, 0.15) is 33.6 Å². The molecule has 7 heteroatoms. The summed E-state index contributed by atoms with van der Waals surface area (Å²) in [4.78, 5) is 41.4. The van der Waals surface area contributed by atoms with Gasteiger partial charge in [0.25, 0.3) is 0 Å². The monoisotopic (exact) mass is 402 g/mol. The largest absolute Gasteiger partial charge is 0.454 e. The second-order valence-electron chi connectivity index (χ2n) is 5.59. The van der Waals surface area contributed by atoms with Crippen LogP contribution in [0.25, 0.3) is 0 Å². The molecular weight excluding hydrogens is 388 g/mol.